The van der Waals surface area contributed by atoms with Crippen molar-refractivity contribution < 1.29 is 18.7 Å². The Morgan fingerprint density at radius 2 is 1.81 bits per heavy atom. The standard InChI is InChI=1S/C26H19ClFN5O3S/c1-14-21(32-25(36-14)15-2-5-17(27)6-3-15)13-37-26-19(12-30)23(18(11-29)24(31)33-26)16-4-7-22(20(28)10-16)35-9-8-34/h2-7,10,34H,8-9,13H2,1H3,(H2,31,33). The third kappa shape index (κ3) is 5.52. The highest BCUT2D eigenvalue weighted by Crippen LogP contribution is 2.38. The van der Waals surface area contributed by atoms with Crippen LogP contribution in [0.4, 0.5) is 10.2 Å². The fourth-order valence-electron chi connectivity index (χ4n) is 3.53. The number of hydrogen-bond acceptors (Lipinski definition) is 9. The molecule has 11 heteroatoms. The molecule has 2 aromatic carbocycles. The Labute approximate surface area is 221 Å². The first-order chi connectivity index (χ1) is 17.9. The number of oxazole rings is 1. The molecule has 4 rings (SSSR count). The zero-order valence-corrected chi connectivity index (χ0v) is 21.0. The molecule has 0 fully saturated rings. The lowest BCUT2D eigenvalue weighted by Crippen LogP contribution is -2.05. The molecule has 2 aromatic heterocycles. The van der Waals surface area contributed by atoms with Gasteiger partial charge in [0.15, 0.2) is 11.6 Å². The first kappa shape index (κ1) is 26.0. The number of aryl methyl sites for hydroxylation is 1. The molecule has 2 heterocycles. The van der Waals surface area contributed by atoms with Gasteiger partial charge in [0.1, 0.15) is 40.9 Å². The summed E-state index contributed by atoms with van der Waals surface area (Å²) in [5.41, 5.74) is 7.96. The molecular weight excluding hydrogens is 517 g/mol. The molecule has 186 valence electrons. The average Bonchev–Trinajstić information content (AvgIpc) is 3.26. The van der Waals surface area contributed by atoms with E-state index in [0.29, 0.717) is 28.1 Å². The Bertz CT molecular complexity index is 1540. The van der Waals surface area contributed by atoms with E-state index in [1.165, 1.54) is 23.9 Å². The van der Waals surface area contributed by atoms with Crippen molar-refractivity contribution in [1.82, 2.24) is 9.97 Å². The van der Waals surface area contributed by atoms with Crippen LogP contribution in [-0.4, -0.2) is 28.3 Å². The Morgan fingerprint density at radius 3 is 2.46 bits per heavy atom. The van der Waals surface area contributed by atoms with Crippen molar-refractivity contribution in [3.05, 3.63) is 75.9 Å². The zero-order valence-electron chi connectivity index (χ0n) is 19.5. The lowest BCUT2D eigenvalue weighted by atomic mass is 9.96. The molecule has 0 bridgehead atoms. The smallest absolute Gasteiger partial charge is 0.226 e. The number of nitriles is 2. The quantitative estimate of drug-likeness (QED) is 0.280. The molecule has 37 heavy (non-hydrogen) atoms. The van der Waals surface area contributed by atoms with E-state index in [4.69, 9.17) is 31.6 Å². The second kappa shape index (κ2) is 11.3. The molecule has 0 atom stereocenters. The fourth-order valence-corrected chi connectivity index (χ4v) is 4.66. The van der Waals surface area contributed by atoms with E-state index >= 15 is 0 Å². The summed E-state index contributed by atoms with van der Waals surface area (Å²) >= 11 is 7.15. The van der Waals surface area contributed by atoms with Crippen LogP contribution in [0.15, 0.2) is 51.9 Å². The number of nitrogen functional groups attached to an aromatic ring is 1. The molecular formula is C26H19ClFN5O3S. The summed E-state index contributed by atoms with van der Waals surface area (Å²) in [4.78, 5) is 8.83. The van der Waals surface area contributed by atoms with Gasteiger partial charge in [-0.25, -0.2) is 14.4 Å². The number of rotatable bonds is 8. The first-order valence-electron chi connectivity index (χ1n) is 10.9. The Hall–Kier alpha value is -4.09. The van der Waals surface area contributed by atoms with Crippen molar-refractivity contribution in [2.45, 2.75) is 17.7 Å². The maximum atomic E-state index is 14.7. The van der Waals surface area contributed by atoms with Gasteiger partial charge in [-0.3, -0.25) is 0 Å². The van der Waals surface area contributed by atoms with E-state index < -0.39 is 5.82 Å². The minimum absolute atomic E-state index is 0.0352. The van der Waals surface area contributed by atoms with Crippen LogP contribution in [0.2, 0.25) is 5.02 Å². The number of hydrogen-bond donors (Lipinski definition) is 2. The van der Waals surface area contributed by atoms with Crippen molar-refractivity contribution in [2.75, 3.05) is 18.9 Å². The molecule has 8 nitrogen and oxygen atoms in total. The fraction of sp³-hybridized carbons (Fsp3) is 0.154. The zero-order chi connectivity index (χ0) is 26.5. The van der Waals surface area contributed by atoms with Gasteiger partial charge in [-0.15, -0.1) is 0 Å². The van der Waals surface area contributed by atoms with Crippen LogP contribution in [0.3, 0.4) is 0 Å². The molecule has 0 amide bonds. The largest absolute Gasteiger partial charge is 0.488 e. The molecule has 0 aliphatic rings. The molecule has 0 spiro atoms. The van der Waals surface area contributed by atoms with Crippen LogP contribution in [0.1, 0.15) is 22.6 Å². The molecule has 4 aromatic rings. The third-order valence-electron chi connectivity index (χ3n) is 5.31. The number of thioether (sulfide) groups is 1. The third-order valence-corrected chi connectivity index (χ3v) is 6.55. The van der Waals surface area contributed by atoms with Gasteiger partial charge in [-0.05, 0) is 48.9 Å². The van der Waals surface area contributed by atoms with Crippen molar-refractivity contribution in [1.29, 1.82) is 10.5 Å². The maximum absolute atomic E-state index is 14.7. The Kier molecular flexibility index (Phi) is 7.95. The Balaban J connectivity index is 1.69. The molecule has 0 aliphatic heterocycles. The lowest BCUT2D eigenvalue weighted by Gasteiger charge is -2.14. The van der Waals surface area contributed by atoms with Gasteiger partial charge in [0.25, 0.3) is 0 Å². The lowest BCUT2D eigenvalue weighted by molar-refractivity contribution is 0.196. The summed E-state index contributed by atoms with van der Waals surface area (Å²) in [6.07, 6.45) is 0. The van der Waals surface area contributed by atoms with Crippen LogP contribution < -0.4 is 10.5 Å². The topological polar surface area (TPSA) is 142 Å². The number of ether oxygens (including phenoxy) is 1. The number of nitrogens with two attached hydrogens (primary N) is 1. The normalized spacial score (nSPS) is 10.6. The summed E-state index contributed by atoms with van der Waals surface area (Å²) < 4.78 is 25.6. The number of aliphatic hydroxyl groups is 1. The van der Waals surface area contributed by atoms with E-state index in [9.17, 15) is 14.9 Å². The SMILES string of the molecule is Cc1oc(-c2ccc(Cl)cc2)nc1CSc1nc(N)c(C#N)c(-c2ccc(OCCO)c(F)c2)c1C#N. The van der Waals surface area contributed by atoms with E-state index in [2.05, 4.69) is 16.0 Å². The molecule has 0 radical (unpaired) electrons. The summed E-state index contributed by atoms with van der Waals surface area (Å²) in [6, 6.07) is 15.2. The number of nitrogens with zero attached hydrogens (tertiary/aromatic N) is 4. The number of aliphatic hydroxyl groups excluding tert-OH is 1. The Morgan fingerprint density at radius 1 is 1.11 bits per heavy atom. The predicted molar refractivity (Wildman–Crippen MR) is 137 cm³/mol. The summed E-state index contributed by atoms with van der Waals surface area (Å²) in [7, 11) is 0. The van der Waals surface area contributed by atoms with Crippen molar-refractivity contribution in [2.24, 2.45) is 0 Å². The van der Waals surface area contributed by atoms with Gasteiger partial charge < -0.3 is 20.0 Å². The molecule has 0 saturated carbocycles. The number of pyridine rings is 1. The van der Waals surface area contributed by atoms with Gasteiger partial charge in [0, 0.05) is 21.9 Å². The minimum atomic E-state index is -0.712. The highest BCUT2D eigenvalue weighted by Gasteiger charge is 2.22. The van der Waals surface area contributed by atoms with Crippen LogP contribution in [-0.2, 0) is 5.75 Å². The summed E-state index contributed by atoms with van der Waals surface area (Å²) in [5, 5.41) is 29.5. The highest BCUT2D eigenvalue weighted by atomic mass is 35.5. The van der Waals surface area contributed by atoms with E-state index in [1.807, 2.05) is 6.07 Å². The minimum Gasteiger partial charge on any atom is -0.488 e. The van der Waals surface area contributed by atoms with E-state index in [-0.39, 0.29) is 52.1 Å². The van der Waals surface area contributed by atoms with E-state index in [1.54, 1.807) is 31.2 Å². The van der Waals surface area contributed by atoms with Crippen molar-refractivity contribution >= 4 is 29.2 Å². The number of halogens is 2. The van der Waals surface area contributed by atoms with Crippen LogP contribution in [0, 0.1) is 35.4 Å². The number of benzene rings is 2. The first-order valence-corrected chi connectivity index (χ1v) is 12.2. The summed E-state index contributed by atoms with van der Waals surface area (Å²) in [5.74, 6) is 0.465. The highest BCUT2D eigenvalue weighted by molar-refractivity contribution is 7.98. The van der Waals surface area contributed by atoms with Crippen LogP contribution in [0.25, 0.3) is 22.6 Å². The second-order valence-corrected chi connectivity index (χ2v) is 9.09. The van der Waals surface area contributed by atoms with Gasteiger partial charge in [0.2, 0.25) is 5.89 Å². The predicted octanol–water partition coefficient (Wildman–Crippen LogP) is 5.49. The van der Waals surface area contributed by atoms with Crippen LogP contribution >= 0.6 is 23.4 Å². The van der Waals surface area contributed by atoms with Gasteiger partial charge in [-0.1, -0.05) is 29.4 Å². The summed E-state index contributed by atoms with van der Waals surface area (Å²) in [6.45, 7) is 1.43. The van der Waals surface area contributed by atoms with Gasteiger partial charge in [0.05, 0.1) is 17.9 Å². The average molecular weight is 536 g/mol. The van der Waals surface area contributed by atoms with Crippen molar-refractivity contribution in [3.8, 4) is 40.5 Å². The number of aromatic nitrogens is 2. The van der Waals surface area contributed by atoms with E-state index in [0.717, 1.165) is 11.6 Å². The molecule has 0 unspecified atom stereocenters. The van der Waals surface area contributed by atoms with Gasteiger partial charge in [-0.2, -0.15) is 10.5 Å². The van der Waals surface area contributed by atoms with Crippen LogP contribution in [0.5, 0.6) is 5.75 Å². The number of anilines is 1. The maximum Gasteiger partial charge on any atom is 0.226 e. The molecule has 0 aliphatic carbocycles. The molecule has 3 N–H and O–H groups in total. The molecule has 0 saturated heterocycles. The monoisotopic (exact) mass is 535 g/mol. The second-order valence-electron chi connectivity index (χ2n) is 7.69. The van der Waals surface area contributed by atoms with Crippen molar-refractivity contribution in [3.63, 3.8) is 0 Å². The van der Waals surface area contributed by atoms with Gasteiger partial charge >= 0.3 is 0 Å².